The van der Waals surface area contributed by atoms with Gasteiger partial charge in [-0.1, -0.05) is 35.0 Å². The number of anilines is 1. The minimum atomic E-state index is -0.929. The van der Waals surface area contributed by atoms with Crippen LogP contribution in [-0.2, 0) is 6.54 Å². The molecule has 1 atom stereocenters. The Hall–Kier alpha value is -3.52. The second-order valence-corrected chi connectivity index (χ2v) is 5.92. The summed E-state index contributed by atoms with van der Waals surface area (Å²) >= 11 is 0. The van der Waals surface area contributed by atoms with E-state index in [4.69, 9.17) is 4.52 Å². The standard InChI is InChI=1S/C19H17N3O5/c1-13(23)14-7-9-16(10-8-14)20-19(26)22-21(12-18(25)27-22)11-17(24)15-5-3-2-4-6-15/h2-10,12,17,24H,11H2,1H3/p+1. The number of hydrogen-bond donors (Lipinski definition) is 2. The first-order valence-corrected chi connectivity index (χ1v) is 8.22. The molecule has 2 aromatic carbocycles. The molecule has 138 valence electrons. The van der Waals surface area contributed by atoms with E-state index in [9.17, 15) is 19.5 Å². The number of amides is 1. The molecule has 3 aromatic rings. The van der Waals surface area contributed by atoms with Crippen LogP contribution in [0, 0.1) is 0 Å². The molecule has 1 unspecified atom stereocenters. The van der Waals surface area contributed by atoms with E-state index >= 15 is 0 Å². The number of aliphatic hydroxyl groups is 1. The Morgan fingerprint density at radius 3 is 2.44 bits per heavy atom. The van der Waals surface area contributed by atoms with Crippen molar-refractivity contribution < 1.29 is 23.9 Å². The number of hydrogen-bond acceptors (Lipinski definition) is 5. The summed E-state index contributed by atoms with van der Waals surface area (Å²) in [5.41, 5.74) is 0.862. The van der Waals surface area contributed by atoms with Crippen molar-refractivity contribution in [3.8, 4) is 0 Å². The predicted octanol–water partition coefficient (Wildman–Crippen LogP) is 1.75. The van der Waals surface area contributed by atoms with E-state index in [1.165, 1.54) is 11.6 Å². The Balaban J connectivity index is 1.77. The highest BCUT2D eigenvalue weighted by Crippen LogP contribution is 2.12. The van der Waals surface area contributed by atoms with E-state index < -0.39 is 17.8 Å². The minimum Gasteiger partial charge on any atom is -0.382 e. The van der Waals surface area contributed by atoms with Gasteiger partial charge in [-0.2, -0.15) is 0 Å². The molecule has 0 spiro atoms. The van der Waals surface area contributed by atoms with Crippen molar-refractivity contribution >= 4 is 17.5 Å². The molecule has 1 aromatic heterocycles. The largest absolute Gasteiger partial charge is 0.427 e. The van der Waals surface area contributed by atoms with E-state index in [-0.39, 0.29) is 12.3 Å². The smallest absolute Gasteiger partial charge is 0.382 e. The van der Waals surface area contributed by atoms with Gasteiger partial charge < -0.3 is 10.4 Å². The first-order valence-electron chi connectivity index (χ1n) is 8.22. The van der Waals surface area contributed by atoms with Gasteiger partial charge in [0.2, 0.25) is 6.54 Å². The SMILES string of the molecule is CC(=O)c1ccc(NC(=O)n2oc(=O)c[n+]2CC(O)c2ccccc2)cc1. The molecule has 0 saturated carbocycles. The highest BCUT2D eigenvalue weighted by molar-refractivity contribution is 5.95. The second kappa shape index (κ2) is 7.79. The third-order valence-electron chi connectivity index (χ3n) is 3.92. The molecule has 0 bridgehead atoms. The van der Waals surface area contributed by atoms with Gasteiger partial charge in [0.1, 0.15) is 6.10 Å². The fourth-order valence-electron chi connectivity index (χ4n) is 2.54. The summed E-state index contributed by atoms with van der Waals surface area (Å²) in [5.74, 6) is -0.0861. The lowest BCUT2D eigenvalue weighted by Gasteiger charge is -2.07. The third-order valence-corrected chi connectivity index (χ3v) is 3.92. The Morgan fingerprint density at radius 1 is 1.15 bits per heavy atom. The van der Waals surface area contributed by atoms with Crippen molar-refractivity contribution in [3.63, 3.8) is 0 Å². The number of Topliss-reactive ketones (excluding diaryl/α,β-unsaturated/α-hetero) is 1. The fourth-order valence-corrected chi connectivity index (χ4v) is 2.54. The molecule has 8 nitrogen and oxygen atoms in total. The van der Waals surface area contributed by atoms with Crippen LogP contribution >= 0.6 is 0 Å². The molecule has 0 radical (unpaired) electrons. The van der Waals surface area contributed by atoms with Gasteiger partial charge in [-0.3, -0.25) is 9.32 Å². The summed E-state index contributed by atoms with van der Waals surface area (Å²) < 4.78 is 6.09. The third kappa shape index (κ3) is 4.36. The van der Waals surface area contributed by atoms with Gasteiger partial charge in [-0.25, -0.2) is 9.59 Å². The lowest BCUT2D eigenvalue weighted by Crippen LogP contribution is -2.48. The number of ketones is 1. The van der Waals surface area contributed by atoms with Crippen molar-refractivity contribution in [3.05, 3.63) is 82.3 Å². The lowest BCUT2D eigenvalue weighted by molar-refractivity contribution is -0.784. The first kappa shape index (κ1) is 18.3. The molecule has 2 N–H and O–H groups in total. The average Bonchev–Trinajstić information content (AvgIpc) is 3.03. The van der Waals surface area contributed by atoms with Crippen LogP contribution in [0.4, 0.5) is 10.5 Å². The number of aromatic nitrogens is 2. The molecule has 0 aliphatic carbocycles. The molecule has 0 saturated heterocycles. The maximum Gasteiger partial charge on any atom is 0.427 e. The van der Waals surface area contributed by atoms with E-state index in [2.05, 4.69) is 5.32 Å². The first-order chi connectivity index (χ1) is 12.9. The molecular weight excluding hydrogens is 350 g/mol. The monoisotopic (exact) mass is 368 g/mol. The Bertz CT molecular complexity index is 1010. The summed E-state index contributed by atoms with van der Waals surface area (Å²) in [6, 6.07) is 14.4. The molecule has 0 aliphatic heterocycles. The van der Waals surface area contributed by atoms with Crippen LogP contribution in [0.5, 0.6) is 0 Å². The maximum atomic E-state index is 12.4. The highest BCUT2D eigenvalue weighted by Gasteiger charge is 2.25. The number of nitrogens with one attached hydrogen (secondary N) is 1. The zero-order valence-corrected chi connectivity index (χ0v) is 14.5. The number of aliphatic hydroxyl groups excluding tert-OH is 1. The Morgan fingerprint density at radius 2 is 1.81 bits per heavy atom. The number of rotatable bonds is 5. The average molecular weight is 368 g/mol. The zero-order valence-electron chi connectivity index (χ0n) is 14.5. The van der Waals surface area contributed by atoms with E-state index in [1.54, 1.807) is 48.5 Å². The van der Waals surface area contributed by atoms with Crippen molar-refractivity contribution in [2.75, 3.05) is 5.32 Å². The van der Waals surface area contributed by atoms with Crippen molar-refractivity contribution in [1.82, 2.24) is 4.85 Å². The van der Waals surface area contributed by atoms with Gasteiger partial charge in [-0.15, -0.1) is 0 Å². The van der Waals surface area contributed by atoms with Crippen molar-refractivity contribution in [2.24, 2.45) is 0 Å². The summed E-state index contributed by atoms with van der Waals surface area (Å²) in [7, 11) is 0. The predicted molar refractivity (Wildman–Crippen MR) is 95.4 cm³/mol. The van der Waals surface area contributed by atoms with E-state index in [0.717, 1.165) is 11.1 Å². The normalized spacial score (nSPS) is 11.8. The molecule has 27 heavy (non-hydrogen) atoms. The van der Waals surface area contributed by atoms with Crippen LogP contribution < -0.4 is 15.6 Å². The van der Waals surface area contributed by atoms with Gasteiger partial charge in [-0.05, 0) is 36.8 Å². The Kier molecular flexibility index (Phi) is 5.28. The molecule has 3 rings (SSSR count). The highest BCUT2D eigenvalue weighted by atomic mass is 16.6. The topological polar surface area (TPSA) is 105 Å². The zero-order chi connectivity index (χ0) is 19.4. The van der Waals surface area contributed by atoms with Crippen LogP contribution in [0.3, 0.4) is 0 Å². The molecular formula is C19H18N3O5+. The quantitative estimate of drug-likeness (QED) is 0.527. The number of carbonyl (C=O) groups excluding carboxylic acids is 2. The van der Waals surface area contributed by atoms with E-state index in [0.29, 0.717) is 16.8 Å². The maximum absolute atomic E-state index is 12.4. The van der Waals surface area contributed by atoms with E-state index in [1.807, 2.05) is 6.07 Å². The van der Waals surface area contributed by atoms with Crippen LogP contribution in [0.25, 0.3) is 0 Å². The van der Waals surface area contributed by atoms with Crippen LogP contribution in [0.2, 0.25) is 0 Å². The molecule has 1 heterocycles. The van der Waals surface area contributed by atoms with Crippen LogP contribution in [-0.4, -0.2) is 21.8 Å². The molecule has 8 heteroatoms. The summed E-state index contributed by atoms with van der Waals surface area (Å²) in [6.07, 6.45) is 0.159. The Labute approximate surface area is 154 Å². The molecule has 0 aliphatic rings. The lowest BCUT2D eigenvalue weighted by atomic mass is 10.1. The summed E-state index contributed by atoms with van der Waals surface area (Å²) in [4.78, 5) is 36.1. The number of nitrogens with zero attached hydrogens (tertiary/aromatic N) is 2. The summed E-state index contributed by atoms with van der Waals surface area (Å²) in [5, 5.41) is 12.9. The van der Waals surface area contributed by atoms with Crippen LogP contribution in [0.1, 0.15) is 28.9 Å². The van der Waals surface area contributed by atoms with Gasteiger partial charge in [0.15, 0.2) is 5.78 Å². The van der Waals surface area contributed by atoms with Gasteiger partial charge in [0.05, 0.1) is 4.85 Å². The summed E-state index contributed by atoms with van der Waals surface area (Å²) in [6.45, 7) is 1.40. The van der Waals surface area contributed by atoms with Gasteiger partial charge in [0, 0.05) is 11.3 Å². The second-order valence-electron chi connectivity index (χ2n) is 5.92. The molecule has 0 fully saturated rings. The van der Waals surface area contributed by atoms with Crippen molar-refractivity contribution in [2.45, 2.75) is 19.6 Å². The number of carbonyl (C=O) groups is 2. The minimum absolute atomic E-state index is 0.0492. The number of benzene rings is 2. The van der Waals surface area contributed by atoms with Gasteiger partial charge >= 0.3 is 11.7 Å². The molecule has 1 amide bonds. The fraction of sp³-hybridized carbons (Fsp3) is 0.158. The van der Waals surface area contributed by atoms with Gasteiger partial charge in [0.25, 0.3) is 6.20 Å². The van der Waals surface area contributed by atoms with Crippen molar-refractivity contribution in [1.29, 1.82) is 0 Å². The van der Waals surface area contributed by atoms with Crippen LogP contribution in [0.15, 0.2) is 70.1 Å².